The first-order chi connectivity index (χ1) is 49.0. The fourth-order valence-corrected chi connectivity index (χ4v) is 10.7. The number of aliphatic hydroxyl groups is 3. The number of pyridine rings is 1. The zero-order valence-electron chi connectivity index (χ0n) is 58.6. The number of nitrogens with two attached hydrogens (primary N) is 2. The number of aliphatic hydroxyl groups excluding tert-OH is 3. The number of carbonyl (C=O) groups is 13. The Balaban J connectivity index is 1.36. The third kappa shape index (κ3) is 24.5. The van der Waals surface area contributed by atoms with Gasteiger partial charge in [-0.25, -0.2) is 4.39 Å². The fourth-order valence-electron chi connectivity index (χ4n) is 10.7. The number of carboxylic acids is 2. The number of nitrogens with one attached hydrogen (secondary N) is 10. The Morgan fingerprint density at radius 1 is 0.596 bits per heavy atom. The van der Waals surface area contributed by atoms with E-state index in [9.17, 15) is 87.9 Å². The lowest BCUT2D eigenvalue weighted by Gasteiger charge is -2.34. The van der Waals surface area contributed by atoms with Gasteiger partial charge in [-0.05, 0) is 118 Å². The van der Waals surface area contributed by atoms with Crippen molar-refractivity contribution in [3.63, 3.8) is 0 Å². The van der Waals surface area contributed by atoms with Crippen LogP contribution in [0.4, 0.5) is 4.39 Å². The number of aromatic nitrogens is 1. The van der Waals surface area contributed by atoms with Crippen molar-refractivity contribution < 1.29 is 97.0 Å². The van der Waals surface area contributed by atoms with Crippen molar-refractivity contribution in [1.29, 1.82) is 0 Å². The zero-order chi connectivity index (χ0) is 77.3. The zero-order valence-corrected chi connectivity index (χ0v) is 58.6. The van der Waals surface area contributed by atoms with E-state index in [1.165, 1.54) is 38.2 Å². The smallest absolute Gasteiger partial charge is 0.305 e. The highest BCUT2D eigenvalue weighted by molar-refractivity contribution is 6.01. The molecule has 11 amide bonds. The summed E-state index contributed by atoms with van der Waals surface area (Å²) < 4.78 is 20.8. The van der Waals surface area contributed by atoms with E-state index in [0.717, 1.165) is 54.7 Å². The minimum absolute atomic E-state index is 0.165. The van der Waals surface area contributed by atoms with Gasteiger partial charge in [0.2, 0.25) is 65.0 Å². The summed E-state index contributed by atoms with van der Waals surface area (Å²) in [6.45, 7) is 6.73. The number of benzene rings is 4. The lowest BCUT2D eigenvalue weighted by Crippen LogP contribution is -2.67. The van der Waals surface area contributed by atoms with Crippen molar-refractivity contribution in [3.05, 3.63) is 143 Å². The van der Waals surface area contributed by atoms with Crippen LogP contribution in [0.15, 0.2) is 109 Å². The maximum Gasteiger partial charge on any atom is 0.305 e. The van der Waals surface area contributed by atoms with E-state index in [-0.39, 0.29) is 18.4 Å². The van der Waals surface area contributed by atoms with Gasteiger partial charge in [0, 0.05) is 37.4 Å². The molecular weight excluding hydrogens is 1360 g/mol. The fraction of sp³-hybridized carbons (Fsp3) is 0.408. The van der Waals surface area contributed by atoms with Crippen molar-refractivity contribution in [2.75, 3.05) is 26.8 Å². The number of carboxylic acid groups (broad SMARTS) is 2. The molecule has 0 aliphatic rings. The molecule has 560 valence electrons. The SMILES string of the molecule is CCc1cc(OC)ccc1-c1ccc(C[C@H](NC(=O)[C@H](CC(=O)O)NC(=O)[C@H](CO)NC(=O)[C@@H](NC(=O)C(C)(Cc2ccccc2F)NC(=O)[C@@H](NC(=O)CNC(=O)[C@H](CCC(=O)O)NC(=O)C(C)(C)NC(=O)CN)C(C)O)C(C)O)C(=O)N[C@@H](Cc2ccc(-c3ccccc3C)nc2)C(N)=O)cc1. The molecule has 0 aliphatic heterocycles. The summed E-state index contributed by atoms with van der Waals surface area (Å²) in [6.07, 6.45) is -5.12. The van der Waals surface area contributed by atoms with Gasteiger partial charge in [0.25, 0.3) is 0 Å². The van der Waals surface area contributed by atoms with E-state index in [1.54, 1.807) is 49.6 Å². The maximum absolute atomic E-state index is 15.4. The van der Waals surface area contributed by atoms with Crippen LogP contribution in [0.3, 0.4) is 0 Å². The van der Waals surface area contributed by atoms with Crippen LogP contribution in [0.2, 0.25) is 0 Å². The minimum atomic E-state index is -2.42. The van der Waals surface area contributed by atoms with Gasteiger partial charge in [-0.15, -0.1) is 0 Å². The minimum Gasteiger partial charge on any atom is -0.497 e. The predicted octanol–water partition coefficient (Wildman–Crippen LogP) is -1.72. The van der Waals surface area contributed by atoms with Crippen LogP contribution >= 0.6 is 0 Å². The highest BCUT2D eigenvalue weighted by atomic mass is 19.1. The first kappa shape index (κ1) is 83.4. The van der Waals surface area contributed by atoms with Gasteiger partial charge in [0.1, 0.15) is 64.9 Å². The second-order valence-corrected chi connectivity index (χ2v) is 25.4. The lowest BCUT2D eigenvalue weighted by molar-refractivity contribution is -0.142. The molecule has 10 atom stereocenters. The number of nitrogens with zero attached hydrogens (tertiary/aromatic N) is 1. The van der Waals surface area contributed by atoms with E-state index in [4.69, 9.17) is 16.2 Å². The van der Waals surface area contributed by atoms with Gasteiger partial charge in [-0.1, -0.05) is 85.8 Å². The number of rotatable bonds is 39. The predicted molar refractivity (Wildman–Crippen MR) is 373 cm³/mol. The van der Waals surface area contributed by atoms with Crippen LogP contribution in [-0.2, 0) is 88.0 Å². The van der Waals surface area contributed by atoms with Crippen LogP contribution in [-0.4, -0.2) is 200 Å². The van der Waals surface area contributed by atoms with E-state index < -0.39 is 194 Å². The number of halogens is 1. The molecule has 19 N–H and O–H groups in total. The highest BCUT2D eigenvalue weighted by Crippen LogP contribution is 2.29. The number of amides is 11. The topological polar surface area (TPSA) is 518 Å². The van der Waals surface area contributed by atoms with Gasteiger partial charge in [-0.3, -0.25) is 67.3 Å². The summed E-state index contributed by atoms with van der Waals surface area (Å²) in [7, 11) is 1.54. The van der Waals surface area contributed by atoms with Crippen LogP contribution < -0.4 is 69.4 Å². The molecule has 5 aromatic rings. The standard InChI is InChI=1S/C71H90FN13O19/c1-9-42-30-45(104-8)23-24-47(42)43-21-18-40(19-22-43)28-52(63(97)77-51(61(74)95)29-41-20-25-49(75-34-41)46-16-12-10-14-37(46)2)78-64(98)53(31-58(93)94)79-65(99)54(36-86)80-66(100)59(38(3)87)83-69(103)71(7,32-44-15-11-13-17-48(44)72)85-67(101)60(39(4)88)82-56(90)35-76-62(96)50(26-27-57(91)92)81-68(102)70(5,6)84-55(89)33-73/h10-25,30,34,38-39,50-54,59-60,86-88H,9,26-29,31-33,35-36,73H2,1-8H3,(H2,74,95)(H,76,96)(H,77,97)(H,78,98)(H,79,99)(H,80,100)(H,81,102)(H,82,90)(H,83,103)(H,84,89)(H,85,101)(H,91,92)(H,93,94)/t38?,39?,50-,51-,52-,53-,54-,59-,60-,71?/m0/s1. The molecule has 0 aliphatic carbocycles. The first-order valence-electron chi connectivity index (χ1n) is 33.0. The van der Waals surface area contributed by atoms with E-state index in [0.29, 0.717) is 29.0 Å². The third-order valence-corrected chi connectivity index (χ3v) is 16.6. The molecule has 0 saturated heterocycles. The molecule has 4 aromatic carbocycles. The van der Waals surface area contributed by atoms with Gasteiger partial charge in [-0.2, -0.15) is 0 Å². The molecule has 3 unspecified atom stereocenters. The average Bonchev–Trinajstić information content (AvgIpc) is 0.796. The van der Waals surface area contributed by atoms with Crippen LogP contribution in [0.1, 0.15) is 88.6 Å². The number of aliphatic carboxylic acids is 2. The average molecular weight is 1450 g/mol. The summed E-state index contributed by atoms with van der Waals surface area (Å²) in [6, 6.07) is 15.3. The van der Waals surface area contributed by atoms with Gasteiger partial charge in [0.05, 0.1) is 51.1 Å². The van der Waals surface area contributed by atoms with Crippen LogP contribution in [0.5, 0.6) is 5.75 Å². The van der Waals surface area contributed by atoms with Crippen molar-refractivity contribution in [1.82, 2.24) is 58.2 Å². The Morgan fingerprint density at radius 2 is 1.18 bits per heavy atom. The number of ether oxygens (including phenoxy) is 1. The Kier molecular flexibility index (Phi) is 31.0. The second-order valence-electron chi connectivity index (χ2n) is 25.4. The Bertz CT molecular complexity index is 3930. The number of aryl methyl sites for hydroxylation is 2. The van der Waals surface area contributed by atoms with E-state index in [1.807, 2.05) is 50.2 Å². The first-order valence-corrected chi connectivity index (χ1v) is 33.0. The van der Waals surface area contributed by atoms with Gasteiger partial charge < -0.3 is 94.9 Å². The van der Waals surface area contributed by atoms with Crippen molar-refractivity contribution in [2.24, 2.45) is 11.5 Å². The quantitative estimate of drug-likeness (QED) is 0.0208. The number of hydrogen-bond acceptors (Lipinski definition) is 19. The lowest BCUT2D eigenvalue weighted by atomic mass is 9.90. The molecule has 0 fully saturated rings. The van der Waals surface area contributed by atoms with Crippen molar-refractivity contribution >= 4 is 76.9 Å². The highest BCUT2D eigenvalue weighted by Gasteiger charge is 2.43. The number of primary amides is 1. The summed E-state index contributed by atoms with van der Waals surface area (Å²) >= 11 is 0. The molecule has 32 nitrogen and oxygen atoms in total. The van der Waals surface area contributed by atoms with Crippen molar-refractivity contribution in [2.45, 2.75) is 159 Å². The Morgan fingerprint density at radius 3 is 1.76 bits per heavy atom. The summed E-state index contributed by atoms with van der Waals surface area (Å²) in [5.74, 6) is -16.0. The normalized spacial score (nSPS) is 14.4. The van der Waals surface area contributed by atoms with E-state index in [2.05, 4.69) is 58.2 Å². The molecule has 0 bridgehead atoms. The van der Waals surface area contributed by atoms with Crippen LogP contribution in [0, 0.1) is 12.7 Å². The molecular formula is C71H90FN13O19. The summed E-state index contributed by atoms with van der Waals surface area (Å²) in [5, 5.41) is 74.6. The number of carbonyl (C=O) groups excluding carboxylic acids is 11. The summed E-state index contributed by atoms with van der Waals surface area (Å²) in [4.78, 5) is 179. The molecule has 1 aromatic heterocycles. The molecule has 0 saturated carbocycles. The second kappa shape index (κ2) is 38.7. The third-order valence-electron chi connectivity index (χ3n) is 16.6. The molecule has 1 heterocycles. The van der Waals surface area contributed by atoms with Gasteiger partial charge >= 0.3 is 11.9 Å². The van der Waals surface area contributed by atoms with Crippen LogP contribution in [0.25, 0.3) is 22.4 Å². The molecule has 0 spiro atoms. The Labute approximate surface area is 598 Å². The van der Waals surface area contributed by atoms with Crippen molar-refractivity contribution in [3.8, 4) is 28.1 Å². The molecule has 104 heavy (non-hydrogen) atoms. The molecule has 5 rings (SSSR count). The number of hydrogen-bond donors (Lipinski definition) is 17. The largest absolute Gasteiger partial charge is 0.497 e. The number of methoxy groups -OCH3 is 1. The summed E-state index contributed by atoms with van der Waals surface area (Å²) in [5.41, 5.74) is 12.9. The molecule has 0 radical (unpaired) electrons. The van der Waals surface area contributed by atoms with Gasteiger partial charge in [0.15, 0.2) is 0 Å². The molecule has 33 heteroatoms. The maximum atomic E-state index is 15.4. The van der Waals surface area contributed by atoms with E-state index >= 15 is 4.39 Å². The monoisotopic (exact) mass is 1450 g/mol. The Hall–Kier alpha value is -11.3.